The van der Waals surface area contributed by atoms with Gasteiger partial charge in [0.05, 0.1) is 0 Å². The standard InChI is InChI=1S/C15H14N4O3/c1-9-6-4-5-7-10(9)13-16-14(22-17-13)11-8-12(20)19(3)15(21)18(11)2/h4-8H,1-3H3. The highest BCUT2D eigenvalue weighted by atomic mass is 16.5. The third kappa shape index (κ3) is 2.16. The molecule has 3 aromatic rings. The van der Waals surface area contributed by atoms with E-state index in [0.717, 1.165) is 15.7 Å². The molecule has 0 saturated carbocycles. The fourth-order valence-electron chi connectivity index (χ4n) is 2.20. The molecule has 2 aromatic heterocycles. The smallest absolute Gasteiger partial charge is 0.331 e. The maximum absolute atomic E-state index is 12.0. The highest BCUT2D eigenvalue weighted by Crippen LogP contribution is 2.23. The second-order valence-electron chi connectivity index (χ2n) is 5.01. The summed E-state index contributed by atoms with van der Waals surface area (Å²) < 4.78 is 7.54. The van der Waals surface area contributed by atoms with Crippen molar-refractivity contribution >= 4 is 0 Å². The third-order valence-corrected chi connectivity index (χ3v) is 3.56. The van der Waals surface area contributed by atoms with Crippen molar-refractivity contribution in [3.8, 4) is 23.0 Å². The molecule has 112 valence electrons. The zero-order valence-corrected chi connectivity index (χ0v) is 12.4. The van der Waals surface area contributed by atoms with Gasteiger partial charge in [0.15, 0.2) is 0 Å². The summed E-state index contributed by atoms with van der Waals surface area (Å²) in [6.07, 6.45) is 0. The second-order valence-corrected chi connectivity index (χ2v) is 5.01. The van der Waals surface area contributed by atoms with E-state index in [9.17, 15) is 9.59 Å². The normalized spacial score (nSPS) is 10.9. The molecule has 0 radical (unpaired) electrons. The molecule has 0 atom stereocenters. The van der Waals surface area contributed by atoms with E-state index in [4.69, 9.17) is 4.52 Å². The summed E-state index contributed by atoms with van der Waals surface area (Å²) in [5.74, 6) is 0.553. The first-order valence-corrected chi connectivity index (χ1v) is 6.66. The van der Waals surface area contributed by atoms with Crippen molar-refractivity contribution < 1.29 is 4.52 Å². The zero-order valence-electron chi connectivity index (χ0n) is 12.4. The van der Waals surface area contributed by atoms with Gasteiger partial charge in [0.1, 0.15) is 5.69 Å². The van der Waals surface area contributed by atoms with E-state index < -0.39 is 11.2 Å². The van der Waals surface area contributed by atoms with Gasteiger partial charge in [-0.3, -0.25) is 13.9 Å². The summed E-state index contributed by atoms with van der Waals surface area (Å²) in [6, 6.07) is 8.93. The maximum Gasteiger partial charge on any atom is 0.331 e. The lowest BCUT2D eigenvalue weighted by Gasteiger charge is -2.04. The molecule has 0 unspecified atom stereocenters. The fourth-order valence-corrected chi connectivity index (χ4v) is 2.20. The minimum Gasteiger partial charge on any atom is -0.332 e. The predicted molar refractivity (Wildman–Crippen MR) is 80.4 cm³/mol. The molecule has 0 spiro atoms. The van der Waals surface area contributed by atoms with Gasteiger partial charge < -0.3 is 4.52 Å². The quantitative estimate of drug-likeness (QED) is 0.707. The Kier molecular flexibility index (Phi) is 3.25. The van der Waals surface area contributed by atoms with Crippen LogP contribution in [-0.2, 0) is 14.1 Å². The SMILES string of the molecule is Cc1ccccc1-c1noc(-c2cc(=O)n(C)c(=O)n2C)n1. The minimum atomic E-state index is -0.446. The molecule has 2 heterocycles. The Morgan fingerprint density at radius 3 is 2.55 bits per heavy atom. The van der Waals surface area contributed by atoms with Crippen molar-refractivity contribution in [2.45, 2.75) is 6.92 Å². The Morgan fingerprint density at radius 2 is 1.82 bits per heavy atom. The topological polar surface area (TPSA) is 82.9 Å². The number of rotatable bonds is 2. The Labute approximate surface area is 125 Å². The highest BCUT2D eigenvalue weighted by molar-refractivity contribution is 5.61. The largest absolute Gasteiger partial charge is 0.332 e. The van der Waals surface area contributed by atoms with Gasteiger partial charge in [-0.25, -0.2) is 4.79 Å². The van der Waals surface area contributed by atoms with Crippen molar-refractivity contribution in [1.29, 1.82) is 0 Å². The lowest BCUT2D eigenvalue weighted by atomic mass is 10.1. The number of aryl methyl sites for hydroxylation is 1. The Morgan fingerprint density at radius 1 is 1.09 bits per heavy atom. The van der Waals surface area contributed by atoms with E-state index in [0.29, 0.717) is 11.5 Å². The molecule has 3 rings (SSSR count). The van der Waals surface area contributed by atoms with Crippen LogP contribution in [0.15, 0.2) is 44.4 Å². The van der Waals surface area contributed by atoms with Gasteiger partial charge in [-0.1, -0.05) is 29.4 Å². The van der Waals surface area contributed by atoms with Crippen LogP contribution in [-0.4, -0.2) is 19.3 Å². The Hall–Kier alpha value is -2.96. The van der Waals surface area contributed by atoms with Crippen LogP contribution in [0.25, 0.3) is 23.0 Å². The van der Waals surface area contributed by atoms with Crippen molar-refractivity contribution in [3.63, 3.8) is 0 Å². The molecule has 0 aliphatic heterocycles. The van der Waals surface area contributed by atoms with Crippen LogP contribution in [0.4, 0.5) is 0 Å². The van der Waals surface area contributed by atoms with Crippen molar-refractivity contribution in [2.24, 2.45) is 14.1 Å². The number of benzene rings is 1. The van der Waals surface area contributed by atoms with Crippen LogP contribution in [0.2, 0.25) is 0 Å². The van der Waals surface area contributed by atoms with Crippen molar-refractivity contribution in [1.82, 2.24) is 19.3 Å². The summed E-state index contributed by atoms with van der Waals surface area (Å²) in [4.78, 5) is 28.0. The molecule has 7 heteroatoms. The molecule has 0 aliphatic rings. The van der Waals surface area contributed by atoms with E-state index in [2.05, 4.69) is 10.1 Å². The Bertz CT molecular complexity index is 965. The Balaban J connectivity index is 2.15. The number of hydrogen-bond donors (Lipinski definition) is 0. The second kappa shape index (κ2) is 5.10. The van der Waals surface area contributed by atoms with Crippen LogP contribution in [0.1, 0.15) is 5.56 Å². The molecule has 0 saturated heterocycles. The first-order valence-electron chi connectivity index (χ1n) is 6.66. The summed E-state index contributed by atoms with van der Waals surface area (Å²) in [7, 11) is 2.97. The van der Waals surface area contributed by atoms with Crippen LogP contribution < -0.4 is 11.2 Å². The first kappa shape index (κ1) is 14.0. The first-order chi connectivity index (χ1) is 10.5. The van der Waals surface area contributed by atoms with Gasteiger partial charge in [-0.05, 0) is 12.5 Å². The molecule has 22 heavy (non-hydrogen) atoms. The third-order valence-electron chi connectivity index (χ3n) is 3.56. The zero-order chi connectivity index (χ0) is 15.9. The van der Waals surface area contributed by atoms with Crippen molar-refractivity contribution in [3.05, 3.63) is 56.7 Å². The maximum atomic E-state index is 12.0. The number of hydrogen-bond acceptors (Lipinski definition) is 5. The van der Waals surface area contributed by atoms with E-state index in [1.54, 1.807) is 7.05 Å². The minimum absolute atomic E-state index is 0.135. The van der Waals surface area contributed by atoms with Crippen LogP contribution >= 0.6 is 0 Å². The van der Waals surface area contributed by atoms with Gasteiger partial charge in [0.25, 0.3) is 11.4 Å². The summed E-state index contributed by atoms with van der Waals surface area (Å²) in [6.45, 7) is 1.94. The lowest BCUT2D eigenvalue weighted by Crippen LogP contribution is -2.37. The summed E-state index contributed by atoms with van der Waals surface area (Å²) in [5, 5.41) is 3.94. The molecule has 7 nitrogen and oxygen atoms in total. The van der Waals surface area contributed by atoms with Crippen molar-refractivity contribution in [2.75, 3.05) is 0 Å². The average Bonchev–Trinajstić information content (AvgIpc) is 2.98. The van der Waals surface area contributed by atoms with E-state index in [-0.39, 0.29) is 5.89 Å². The number of aromatic nitrogens is 4. The molecular weight excluding hydrogens is 284 g/mol. The predicted octanol–water partition coefficient (Wildman–Crippen LogP) is 1.11. The molecule has 0 fully saturated rings. The fraction of sp³-hybridized carbons (Fsp3) is 0.200. The van der Waals surface area contributed by atoms with E-state index in [1.807, 2.05) is 31.2 Å². The van der Waals surface area contributed by atoms with Crippen LogP contribution in [0.5, 0.6) is 0 Å². The van der Waals surface area contributed by atoms with E-state index >= 15 is 0 Å². The van der Waals surface area contributed by atoms with Gasteiger partial charge >= 0.3 is 5.69 Å². The summed E-state index contributed by atoms with van der Waals surface area (Å²) in [5.41, 5.74) is 1.27. The van der Waals surface area contributed by atoms with Crippen LogP contribution in [0, 0.1) is 6.92 Å². The molecule has 1 aromatic carbocycles. The molecule has 0 bridgehead atoms. The lowest BCUT2D eigenvalue weighted by molar-refractivity contribution is 0.428. The highest BCUT2D eigenvalue weighted by Gasteiger charge is 2.16. The monoisotopic (exact) mass is 298 g/mol. The van der Waals surface area contributed by atoms with Gasteiger partial charge in [0.2, 0.25) is 5.82 Å². The molecule has 0 amide bonds. The molecule has 0 N–H and O–H groups in total. The van der Waals surface area contributed by atoms with E-state index in [1.165, 1.54) is 17.7 Å². The molecule has 0 aliphatic carbocycles. The summed E-state index contributed by atoms with van der Waals surface area (Å²) >= 11 is 0. The van der Waals surface area contributed by atoms with Gasteiger partial charge in [-0.15, -0.1) is 0 Å². The van der Waals surface area contributed by atoms with Crippen LogP contribution in [0.3, 0.4) is 0 Å². The average molecular weight is 298 g/mol. The number of nitrogens with zero attached hydrogens (tertiary/aromatic N) is 4. The van der Waals surface area contributed by atoms with Gasteiger partial charge in [0, 0.05) is 25.7 Å². The van der Waals surface area contributed by atoms with Gasteiger partial charge in [-0.2, -0.15) is 4.98 Å². The molecular formula is C15H14N4O3.